The van der Waals surface area contributed by atoms with Crippen LogP contribution in [0.1, 0.15) is 22.0 Å². The fourth-order valence-corrected chi connectivity index (χ4v) is 2.82. The zero-order valence-corrected chi connectivity index (χ0v) is 11.5. The van der Waals surface area contributed by atoms with Crippen LogP contribution < -0.4 is 10.1 Å². The van der Waals surface area contributed by atoms with Gasteiger partial charge in [-0.15, -0.1) is 12.4 Å². The van der Waals surface area contributed by atoms with E-state index in [0.717, 1.165) is 30.8 Å². The second-order valence-electron chi connectivity index (χ2n) is 4.29. The predicted molar refractivity (Wildman–Crippen MR) is 71.9 cm³/mol. The van der Waals surface area contributed by atoms with E-state index in [1.807, 2.05) is 11.0 Å². The third-order valence-electron chi connectivity index (χ3n) is 3.42. The van der Waals surface area contributed by atoms with Crippen molar-refractivity contribution in [2.75, 3.05) is 26.7 Å². The summed E-state index contributed by atoms with van der Waals surface area (Å²) in [6, 6.07) is 3.72. The van der Waals surface area contributed by atoms with Crippen LogP contribution in [0.15, 0.2) is 12.1 Å². The number of rotatable bonds is 1. The molecule has 2 heterocycles. The number of carbonyl (C=O) groups excluding carboxylic acids is 1. The highest BCUT2D eigenvalue weighted by Gasteiger charge is 2.38. The number of hydrogen-bond donors (Lipinski definition) is 1. The van der Waals surface area contributed by atoms with Gasteiger partial charge >= 0.3 is 0 Å². The molecule has 0 aromatic heterocycles. The van der Waals surface area contributed by atoms with E-state index in [1.165, 1.54) is 0 Å². The van der Waals surface area contributed by atoms with Gasteiger partial charge in [-0.1, -0.05) is 11.6 Å². The quantitative estimate of drug-likeness (QED) is 0.858. The van der Waals surface area contributed by atoms with E-state index in [2.05, 4.69) is 5.32 Å². The molecule has 1 aromatic carbocycles. The summed E-state index contributed by atoms with van der Waals surface area (Å²) in [4.78, 5) is 14.1. The Morgan fingerprint density at radius 3 is 3.00 bits per heavy atom. The largest absolute Gasteiger partial charge is 0.495 e. The van der Waals surface area contributed by atoms with Gasteiger partial charge < -0.3 is 15.0 Å². The number of amides is 1. The van der Waals surface area contributed by atoms with Crippen LogP contribution in [-0.4, -0.2) is 37.6 Å². The lowest BCUT2D eigenvalue weighted by Crippen LogP contribution is -2.44. The number of halogens is 2. The van der Waals surface area contributed by atoms with E-state index in [-0.39, 0.29) is 24.4 Å². The molecule has 1 aromatic rings. The number of piperazine rings is 1. The van der Waals surface area contributed by atoms with E-state index in [9.17, 15) is 4.79 Å². The summed E-state index contributed by atoms with van der Waals surface area (Å²) in [5.74, 6) is 0.646. The molecule has 1 saturated heterocycles. The van der Waals surface area contributed by atoms with Gasteiger partial charge in [-0.3, -0.25) is 4.79 Å². The van der Waals surface area contributed by atoms with Gasteiger partial charge in [0.25, 0.3) is 5.91 Å². The summed E-state index contributed by atoms with van der Waals surface area (Å²) in [6.45, 7) is 2.39. The highest BCUT2D eigenvalue weighted by molar-refractivity contribution is 6.32. The van der Waals surface area contributed by atoms with Crippen molar-refractivity contribution in [2.45, 2.75) is 6.04 Å². The molecule has 3 rings (SSSR count). The fourth-order valence-electron chi connectivity index (χ4n) is 2.57. The van der Waals surface area contributed by atoms with E-state index in [1.54, 1.807) is 13.2 Å². The first-order valence-corrected chi connectivity index (χ1v) is 5.99. The number of benzene rings is 1. The van der Waals surface area contributed by atoms with Crippen LogP contribution in [0.5, 0.6) is 5.75 Å². The van der Waals surface area contributed by atoms with Gasteiger partial charge in [-0.05, 0) is 17.7 Å². The van der Waals surface area contributed by atoms with Crippen molar-refractivity contribution < 1.29 is 9.53 Å². The lowest BCUT2D eigenvalue weighted by Gasteiger charge is -2.30. The third kappa shape index (κ3) is 1.85. The molecule has 0 aliphatic carbocycles. The molecule has 2 aliphatic rings. The number of hydrogen-bond acceptors (Lipinski definition) is 3. The Labute approximate surface area is 117 Å². The van der Waals surface area contributed by atoms with Crippen LogP contribution in [0, 0.1) is 0 Å². The Bertz CT molecular complexity index is 493. The maximum absolute atomic E-state index is 12.2. The molecule has 0 unspecified atom stereocenters. The molecule has 1 amide bonds. The summed E-state index contributed by atoms with van der Waals surface area (Å²) < 4.78 is 5.15. The molecule has 2 aliphatic heterocycles. The Morgan fingerprint density at radius 2 is 2.28 bits per heavy atom. The number of methoxy groups -OCH3 is 1. The molecule has 1 atom stereocenters. The predicted octanol–water partition coefficient (Wildman–Crippen LogP) is 1.87. The van der Waals surface area contributed by atoms with Gasteiger partial charge in [0.1, 0.15) is 5.75 Å². The molecule has 1 fully saturated rings. The molecule has 18 heavy (non-hydrogen) atoms. The Hall–Kier alpha value is -0.970. The monoisotopic (exact) mass is 288 g/mol. The molecule has 4 nitrogen and oxygen atoms in total. The van der Waals surface area contributed by atoms with Crippen LogP contribution in [-0.2, 0) is 0 Å². The first-order chi connectivity index (χ1) is 8.22. The number of nitrogens with one attached hydrogen (secondary N) is 1. The molecule has 1 N–H and O–H groups in total. The normalized spacial score (nSPS) is 21.1. The zero-order valence-electron chi connectivity index (χ0n) is 9.90. The van der Waals surface area contributed by atoms with Gasteiger partial charge in [0.2, 0.25) is 0 Å². The number of ether oxygens (including phenoxy) is 1. The van der Waals surface area contributed by atoms with Crippen LogP contribution in [0.2, 0.25) is 5.02 Å². The number of carbonyl (C=O) groups is 1. The second kappa shape index (κ2) is 4.96. The first kappa shape index (κ1) is 13.5. The van der Waals surface area contributed by atoms with Gasteiger partial charge in [-0.2, -0.15) is 0 Å². The van der Waals surface area contributed by atoms with E-state index in [4.69, 9.17) is 16.3 Å². The van der Waals surface area contributed by atoms with E-state index < -0.39 is 0 Å². The SMILES string of the molecule is COc1cc2c(cc1Cl)[C@@H]1CNCCN1C2=O.Cl. The van der Waals surface area contributed by atoms with Crippen molar-refractivity contribution in [3.63, 3.8) is 0 Å². The van der Waals surface area contributed by atoms with Crippen molar-refractivity contribution in [2.24, 2.45) is 0 Å². The highest BCUT2D eigenvalue weighted by atomic mass is 35.5. The zero-order chi connectivity index (χ0) is 12.0. The number of nitrogens with zero attached hydrogens (tertiary/aromatic N) is 1. The van der Waals surface area contributed by atoms with Gasteiger partial charge in [0.15, 0.2) is 0 Å². The standard InChI is InChI=1S/C12H13ClN2O2.ClH/c1-17-11-5-8-7(4-9(11)13)10-6-14-2-3-15(10)12(8)16;/h4-5,10,14H,2-3,6H2,1H3;1H/t10-;/m0./s1. The average Bonchev–Trinajstić information content (AvgIpc) is 2.63. The summed E-state index contributed by atoms with van der Waals surface area (Å²) in [6.07, 6.45) is 0. The lowest BCUT2D eigenvalue weighted by molar-refractivity contribution is 0.0690. The molecule has 98 valence electrons. The molecular formula is C12H14Cl2N2O2. The Kier molecular flexibility index (Phi) is 3.71. The van der Waals surface area contributed by atoms with Crippen molar-refractivity contribution in [1.29, 1.82) is 0 Å². The maximum Gasteiger partial charge on any atom is 0.254 e. The topological polar surface area (TPSA) is 41.6 Å². The van der Waals surface area contributed by atoms with Crippen LogP contribution in [0.4, 0.5) is 0 Å². The molecule has 0 radical (unpaired) electrons. The third-order valence-corrected chi connectivity index (χ3v) is 3.71. The van der Waals surface area contributed by atoms with Crippen molar-refractivity contribution in [3.05, 3.63) is 28.3 Å². The van der Waals surface area contributed by atoms with Gasteiger partial charge in [-0.25, -0.2) is 0 Å². The van der Waals surface area contributed by atoms with Crippen molar-refractivity contribution in [1.82, 2.24) is 10.2 Å². The maximum atomic E-state index is 12.2. The first-order valence-electron chi connectivity index (χ1n) is 5.61. The van der Waals surface area contributed by atoms with Gasteiger partial charge in [0.05, 0.1) is 18.2 Å². The summed E-state index contributed by atoms with van der Waals surface area (Å²) in [5, 5.41) is 3.86. The average molecular weight is 289 g/mol. The van der Waals surface area contributed by atoms with E-state index in [0.29, 0.717) is 10.8 Å². The summed E-state index contributed by atoms with van der Waals surface area (Å²) >= 11 is 6.11. The van der Waals surface area contributed by atoms with Crippen LogP contribution in [0.3, 0.4) is 0 Å². The number of fused-ring (bicyclic) bond motifs is 3. The Balaban J connectivity index is 0.00000120. The minimum atomic E-state index is 0. The molecule has 0 saturated carbocycles. The second-order valence-corrected chi connectivity index (χ2v) is 4.70. The molecule has 0 bridgehead atoms. The van der Waals surface area contributed by atoms with Crippen molar-refractivity contribution >= 4 is 29.9 Å². The summed E-state index contributed by atoms with van der Waals surface area (Å²) in [5.41, 5.74) is 1.73. The fraction of sp³-hybridized carbons (Fsp3) is 0.417. The smallest absolute Gasteiger partial charge is 0.254 e. The minimum Gasteiger partial charge on any atom is -0.495 e. The molecule has 0 spiro atoms. The molecule has 6 heteroatoms. The van der Waals surface area contributed by atoms with Crippen LogP contribution >= 0.6 is 24.0 Å². The van der Waals surface area contributed by atoms with E-state index >= 15 is 0 Å². The van der Waals surface area contributed by atoms with Gasteiger partial charge in [0, 0.05) is 25.2 Å². The van der Waals surface area contributed by atoms with Crippen LogP contribution in [0.25, 0.3) is 0 Å². The Morgan fingerprint density at radius 1 is 1.50 bits per heavy atom. The van der Waals surface area contributed by atoms with Crippen molar-refractivity contribution in [3.8, 4) is 5.75 Å². The lowest BCUT2D eigenvalue weighted by atomic mass is 10.0. The molecular weight excluding hydrogens is 275 g/mol. The highest BCUT2D eigenvalue weighted by Crippen LogP contribution is 2.39. The summed E-state index contributed by atoms with van der Waals surface area (Å²) in [7, 11) is 1.56. The minimum absolute atomic E-state index is 0.